The maximum absolute atomic E-state index is 8.64. The smallest absolute Gasteiger partial charge is 0.0638 e. The van der Waals surface area contributed by atoms with Gasteiger partial charge in [0.1, 0.15) is 0 Å². The molecule has 2 saturated heterocycles. The first kappa shape index (κ1) is 10.9. The molecule has 0 amide bonds. The molecule has 0 bridgehead atoms. The molecule has 2 heterocycles. The minimum absolute atomic E-state index is 0.349. The molecule has 0 spiro atoms. The number of nitriles is 1. The topological polar surface area (TPSA) is 39.1 Å². The van der Waals surface area contributed by atoms with Crippen LogP contribution in [-0.4, -0.2) is 36.1 Å². The predicted octanol–water partition coefficient (Wildman–Crippen LogP) is 1.50. The summed E-state index contributed by atoms with van der Waals surface area (Å²) in [7, 11) is 0. The van der Waals surface area contributed by atoms with E-state index in [1.165, 1.54) is 38.8 Å². The van der Waals surface area contributed by atoms with Gasteiger partial charge in [-0.15, -0.1) is 0 Å². The number of piperidine rings is 1. The van der Waals surface area contributed by atoms with Crippen LogP contribution in [0.5, 0.6) is 0 Å². The Morgan fingerprint density at radius 2 is 2.27 bits per heavy atom. The average molecular weight is 207 g/mol. The number of hydrogen-bond acceptors (Lipinski definition) is 3. The number of fused-ring (bicyclic) bond motifs is 1. The van der Waals surface area contributed by atoms with Gasteiger partial charge in [0.05, 0.1) is 12.5 Å². The first-order valence-corrected chi connectivity index (χ1v) is 6.18. The monoisotopic (exact) mass is 207 g/mol. The number of hydrogen-bond donors (Lipinski definition) is 1. The van der Waals surface area contributed by atoms with Crippen molar-refractivity contribution in [1.82, 2.24) is 10.2 Å². The normalized spacial score (nSPS) is 33.3. The highest BCUT2D eigenvalue weighted by molar-refractivity contribution is 4.95. The molecule has 2 rings (SSSR count). The first-order chi connectivity index (χ1) is 7.31. The van der Waals surface area contributed by atoms with Gasteiger partial charge < -0.3 is 5.32 Å². The molecule has 15 heavy (non-hydrogen) atoms. The van der Waals surface area contributed by atoms with Gasteiger partial charge in [-0.1, -0.05) is 6.42 Å². The van der Waals surface area contributed by atoms with Gasteiger partial charge in [-0.25, -0.2) is 0 Å². The minimum Gasteiger partial charge on any atom is -0.309 e. The van der Waals surface area contributed by atoms with Crippen LogP contribution in [0.2, 0.25) is 0 Å². The molecule has 3 atom stereocenters. The number of nitrogens with one attached hydrogen (secondary N) is 1. The van der Waals surface area contributed by atoms with Crippen molar-refractivity contribution in [2.45, 2.75) is 57.2 Å². The third kappa shape index (κ3) is 2.50. The third-order valence-corrected chi connectivity index (χ3v) is 3.75. The lowest BCUT2D eigenvalue weighted by Crippen LogP contribution is -2.47. The summed E-state index contributed by atoms with van der Waals surface area (Å²) in [6.07, 6.45) is 5.99. The molecule has 0 radical (unpaired) electrons. The van der Waals surface area contributed by atoms with Gasteiger partial charge in [0.15, 0.2) is 0 Å². The molecule has 84 valence electrons. The first-order valence-electron chi connectivity index (χ1n) is 6.18. The van der Waals surface area contributed by atoms with Crippen LogP contribution in [0.15, 0.2) is 0 Å². The maximum Gasteiger partial charge on any atom is 0.0638 e. The van der Waals surface area contributed by atoms with Crippen LogP contribution in [-0.2, 0) is 0 Å². The Morgan fingerprint density at radius 1 is 1.40 bits per heavy atom. The second-order valence-electron chi connectivity index (χ2n) is 4.92. The van der Waals surface area contributed by atoms with E-state index >= 15 is 0 Å². The fraction of sp³-hybridized carbons (Fsp3) is 0.917. The van der Waals surface area contributed by atoms with Crippen LogP contribution in [0.3, 0.4) is 0 Å². The van der Waals surface area contributed by atoms with Crippen LogP contribution in [0.25, 0.3) is 0 Å². The molecule has 1 N–H and O–H groups in total. The van der Waals surface area contributed by atoms with Crippen LogP contribution >= 0.6 is 0 Å². The molecule has 0 saturated carbocycles. The average Bonchev–Trinajstić information content (AvgIpc) is 2.62. The van der Waals surface area contributed by atoms with Crippen LogP contribution in [0.4, 0.5) is 0 Å². The zero-order valence-corrected chi connectivity index (χ0v) is 9.58. The van der Waals surface area contributed by atoms with E-state index in [1.54, 1.807) is 0 Å². The standard InChI is InChI=1S/C12H21N3/c1-10(5-7-13)14-11-6-9-15-8-3-2-4-12(11)15/h10-12,14H,2-6,8-9H2,1H3. The van der Waals surface area contributed by atoms with Crippen molar-refractivity contribution >= 4 is 0 Å². The Labute approximate surface area is 92.4 Å². The van der Waals surface area contributed by atoms with Gasteiger partial charge >= 0.3 is 0 Å². The fourth-order valence-corrected chi connectivity index (χ4v) is 3.00. The second kappa shape index (κ2) is 4.96. The summed E-state index contributed by atoms with van der Waals surface area (Å²) in [6, 6.07) is 3.97. The van der Waals surface area contributed by atoms with Crippen molar-refractivity contribution in [3.8, 4) is 6.07 Å². The quantitative estimate of drug-likeness (QED) is 0.762. The highest BCUT2D eigenvalue weighted by Gasteiger charge is 2.35. The largest absolute Gasteiger partial charge is 0.309 e. The Kier molecular flexibility index (Phi) is 3.61. The van der Waals surface area contributed by atoms with Crippen LogP contribution in [0.1, 0.15) is 39.0 Å². The van der Waals surface area contributed by atoms with Gasteiger partial charge in [-0.2, -0.15) is 5.26 Å². The summed E-state index contributed by atoms with van der Waals surface area (Å²) < 4.78 is 0. The molecule has 0 aliphatic carbocycles. The molecule has 3 heteroatoms. The summed E-state index contributed by atoms with van der Waals surface area (Å²) in [5.41, 5.74) is 0. The molecule has 3 nitrogen and oxygen atoms in total. The van der Waals surface area contributed by atoms with Gasteiger partial charge in [0.25, 0.3) is 0 Å². The lowest BCUT2D eigenvalue weighted by Gasteiger charge is -2.33. The molecule has 0 aromatic heterocycles. The Hall–Kier alpha value is -0.590. The minimum atomic E-state index is 0.349. The predicted molar refractivity (Wildman–Crippen MR) is 60.4 cm³/mol. The van der Waals surface area contributed by atoms with Gasteiger partial charge in [-0.05, 0) is 32.7 Å². The Morgan fingerprint density at radius 3 is 3.07 bits per heavy atom. The van der Waals surface area contributed by atoms with Crippen molar-refractivity contribution in [2.24, 2.45) is 0 Å². The Balaban J connectivity index is 1.85. The van der Waals surface area contributed by atoms with E-state index in [9.17, 15) is 0 Å². The van der Waals surface area contributed by atoms with E-state index in [0.29, 0.717) is 18.5 Å². The lowest BCUT2D eigenvalue weighted by atomic mass is 9.98. The summed E-state index contributed by atoms with van der Waals surface area (Å²) in [6.45, 7) is 4.66. The van der Waals surface area contributed by atoms with Crippen molar-refractivity contribution in [1.29, 1.82) is 5.26 Å². The van der Waals surface area contributed by atoms with E-state index in [4.69, 9.17) is 5.26 Å². The van der Waals surface area contributed by atoms with Crippen LogP contribution in [0, 0.1) is 11.3 Å². The highest BCUT2D eigenvalue weighted by Crippen LogP contribution is 2.27. The zero-order chi connectivity index (χ0) is 10.7. The van der Waals surface area contributed by atoms with Crippen molar-refractivity contribution in [3.63, 3.8) is 0 Å². The molecule has 3 unspecified atom stereocenters. The molecule has 2 aliphatic heterocycles. The van der Waals surface area contributed by atoms with E-state index in [1.807, 2.05) is 0 Å². The summed E-state index contributed by atoms with van der Waals surface area (Å²) in [5, 5.41) is 12.3. The molecule has 2 fully saturated rings. The third-order valence-electron chi connectivity index (χ3n) is 3.75. The van der Waals surface area contributed by atoms with E-state index in [0.717, 1.165) is 6.04 Å². The Bertz CT molecular complexity index is 246. The molecule has 0 aromatic rings. The van der Waals surface area contributed by atoms with E-state index in [-0.39, 0.29) is 0 Å². The summed E-state index contributed by atoms with van der Waals surface area (Å²) in [4.78, 5) is 2.63. The number of rotatable bonds is 3. The zero-order valence-electron chi connectivity index (χ0n) is 9.58. The van der Waals surface area contributed by atoms with Gasteiger partial charge in [0, 0.05) is 24.7 Å². The maximum atomic E-state index is 8.64. The van der Waals surface area contributed by atoms with Crippen molar-refractivity contribution < 1.29 is 0 Å². The molecular formula is C12H21N3. The van der Waals surface area contributed by atoms with Crippen LogP contribution < -0.4 is 5.32 Å². The lowest BCUT2D eigenvalue weighted by molar-refractivity contribution is 0.177. The van der Waals surface area contributed by atoms with E-state index < -0.39 is 0 Å². The summed E-state index contributed by atoms with van der Waals surface area (Å²) in [5.74, 6) is 0. The van der Waals surface area contributed by atoms with Crippen molar-refractivity contribution in [2.75, 3.05) is 13.1 Å². The van der Waals surface area contributed by atoms with E-state index in [2.05, 4.69) is 23.2 Å². The number of nitrogens with zero attached hydrogens (tertiary/aromatic N) is 2. The molecule has 0 aromatic carbocycles. The summed E-state index contributed by atoms with van der Waals surface area (Å²) >= 11 is 0. The van der Waals surface area contributed by atoms with Gasteiger partial charge in [0.2, 0.25) is 0 Å². The highest BCUT2D eigenvalue weighted by atomic mass is 15.2. The van der Waals surface area contributed by atoms with Gasteiger partial charge in [-0.3, -0.25) is 4.90 Å². The van der Waals surface area contributed by atoms with Crippen molar-refractivity contribution in [3.05, 3.63) is 0 Å². The second-order valence-corrected chi connectivity index (χ2v) is 4.92. The fourth-order valence-electron chi connectivity index (χ4n) is 3.00. The molecule has 2 aliphatic rings. The molecular weight excluding hydrogens is 186 g/mol. The SMILES string of the molecule is CC(CC#N)NC1CCN2CCCCC12.